The SMILES string of the molecule is CCOC(=O)c1nn(-c2ccc([N+](=O)[O-])cc2)cc1OCC(=O)N1c2ccccc2CCC1C. The summed E-state index contributed by atoms with van der Waals surface area (Å²) in [7, 11) is 0. The van der Waals surface area contributed by atoms with E-state index in [0.717, 1.165) is 24.1 Å². The number of benzene rings is 2. The second kappa shape index (κ2) is 9.74. The average Bonchev–Trinajstić information content (AvgIpc) is 3.27. The van der Waals surface area contributed by atoms with E-state index < -0.39 is 10.9 Å². The highest BCUT2D eigenvalue weighted by Crippen LogP contribution is 2.31. The molecule has 2 aromatic carbocycles. The first-order valence-electron chi connectivity index (χ1n) is 10.9. The predicted octanol–water partition coefficient (Wildman–Crippen LogP) is 3.70. The van der Waals surface area contributed by atoms with Crippen molar-refractivity contribution in [1.29, 1.82) is 0 Å². The number of aromatic nitrogens is 2. The number of nitro groups is 1. The summed E-state index contributed by atoms with van der Waals surface area (Å²) in [5.74, 6) is -0.844. The molecule has 10 heteroatoms. The maximum atomic E-state index is 13.1. The van der Waals surface area contributed by atoms with Crippen LogP contribution in [0.15, 0.2) is 54.7 Å². The predicted molar refractivity (Wildman–Crippen MR) is 123 cm³/mol. The Labute approximate surface area is 195 Å². The summed E-state index contributed by atoms with van der Waals surface area (Å²) in [4.78, 5) is 37.7. The number of carbonyl (C=O) groups is 2. The largest absolute Gasteiger partial charge is 0.479 e. The van der Waals surface area contributed by atoms with E-state index >= 15 is 0 Å². The molecule has 1 aliphatic rings. The smallest absolute Gasteiger partial charge is 0.362 e. The van der Waals surface area contributed by atoms with Gasteiger partial charge in [-0.1, -0.05) is 18.2 Å². The molecule has 0 bridgehead atoms. The second-order valence-corrected chi connectivity index (χ2v) is 7.85. The Kier molecular flexibility index (Phi) is 6.58. The van der Waals surface area contributed by atoms with Gasteiger partial charge in [-0.15, -0.1) is 0 Å². The van der Waals surface area contributed by atoms with Gasteiger partial charge in [0.2, 0.25) is 5.69 Å². The van der Waals surface area contributed by atoms with Gasteiger partial charge in [-0.2, -0.15) is 5.10 Å². The first-order valence-corrected chi connectivity index (χ1v) is 10.9. The molecular formula is C24H24N4O6. The van der Waals surface area contributed by atoms with E-state index in [9.17, 15) is 19.7 Å². The van der Waals surface area contributed by atoms with Gasteiger partial charge in [-0.05, 0) is 50.5 Å². The fourth-order valence-corrected chi connectivity index (χ4v) is 3.94. The van der Waals surface area contributed by atoms with Gasteiger partial charge in [0.05, 0.1) is 23.4 Å². The highest BCUT2D eigenvalue weighted by atomic mass is 16.6. The number of rotatable bonds is 7. The van der Waals surface area contributed by atoms with Crippen molar-refractivity contribution < 1.29 is 24.0 Å². The zero-order valence-electron chi connectivity index (χ0n) is 18.8. The number of aryl methyl sites for hydroxylation is 1. The Hall–Kier alpha value is -4.21. The van der Waals surface area contributed by atoms with Gasteiger partial charge in [-0.25, -0.2) is 9.48 Å². The number of para-hydroxylation sites is 1. The van der Waals surface area contributed by atoms with Gasteiger partial charge < -0.3 is 14.4 Å². The molecule has 1 amide bonds. The second-order valence-electron chi connectivity index (χ2n) is 7.85. The van der Waals surface area contributed by atoms with Crippen molar-refractivity contribution in [1.82, 2.24) is 9.78 Å². The Bertz CT molecular complexity index is 1220. The number of nitro benzene ring substituents is 1. The molecule has 1 unspecified atom stereocenters. The van der Waals surface area contributed by atoms with Crippen LogP contribution in [0.4, 0.5) is 11.4 Å². The molecule has 3 aromatic rings. The lowest BCUT2D eigenvalue weighted by molar-refractivity contribution is -0.384. The van der Waals surface area contributed by atoms with Gasteiger partial charge in [0, 0.05) is 23.9 Å². The monoisotopic (exact) mass is 464 g/mol. The van der Waals surface area contributed by atoms with E-state index in [2.05, 4.69) is 5.10 Å². The maximum absolute atomic E-state index is 13.1. The molecule has 1 aromatic heterocycles. The van der Waals surface area contributed by atoms with Crippen molar-refractivity contribution in [2.45, 2.75) is 32.7 Å². The number of fused-ring (bicyclic) bond motifs is 1. The number of anilines is 1. The molecule has 0 spiro atoms. The van der Waals surface area contributed by atoms with Crippen LogP contribution in [0.3, 0.4) is 0 Å². The fourth-order valence-electron chi connectivity index (χ4n) is 3.94. The topological polar surface area (TPSA) is 117 Å². The Morgan fingerprint density at radius 2 is 1.91 bits per heavy atom. The van der Waals surface area contributed by atoms with Crippen LogP contribution < -0.4 is 9.64 Å². The van der Waals surface area contributed by atoms with Crippen LogP contribution in [-0.4, -0.2) is 45.8 Å². The summed E-state index contributed by atoms with van der Waals surface area (Å²) in [5, 5.41) is 15.2. The summed E-state index contributed by atoms with van der Waals surface area (Å²) in [5.41, 5.74) is 2.30. The number of esters is 1. The molecule has 4 rings (SSSR count). The van der Waals surface area contributed by atoms with Crippen molar-refractivity contribution >= 4 is 23.3 Å². The third kappa shape index (κ3) is 4.61. The van der Waals surface area contributed by atoms with E-state index in [1.807, 2.05) is 31.2 Å². The molecular weight excluding hydrogens is 440 g/mol. The number of carbonyl (C=O) groups excluding carboxylic acids is 2. The molecule has 0 aliphatic carbocycles. The number of amides is 1. The Morgan fingerprint density at radius 1 is 1.18 bits per heavy atom. The third-order valence-electron chi connectivity index (χ3n) is 5.62. The zero-order valence-corrected chi connectivity index (χ0v) is 18.8. The number of hydrogen-bond donors (Lipinski definition) is 0. The van der Waals surface area contributed by atoms with Crippen molar-refractivity contribution in [3.63, 3.8) is 0 Å². The fraction of sp³-hybridized carbons (Fsp3) is 0.292. The van der Waals surface area contributed by atoms with Crippen LogP contribution in [0.25, 0.3) is 5.69 Å². The van der Waals surface area contributed by atoms with E-state index in [-0.39, 0.29) is 42.3 Å². The van der Waals surface area contributed by atoms with Crippen LogP contribution in [-0.2, 0) is 16.0 Å². The molecule has 176 valence electrons. The van der Waals surface area contributed by atoms with Crippen molar-refractivity contribution in [3.8, 4) is 11.4 Å². The number of non-ortho nitro benzene ring substituents is 1. The van der Waals surface area contributed by atoms with Crippen LogP contribution >= 0.6 is 0 Å². The summed E-state index contributed by atoms with van der Waals surface area (Å²) >= 11 is 0. The van der Waals surface area contributed by atoms with Crippen LogP contribution in [0, 0.1) is 10.1 Å². The first kappa shape index (κ1) is 23.0. The first-order chi connectivity index (χ1) is 16.4. The summed E-state index contributed by atoms with van der Waals surface area (Å²) in [6.07, 6.45) is 3.19. The van der Waals surface area contributed by atoms with Crippen molar-refractivity contribution in [3.05, 3.63) is 76.1 Å². The minimum absolute atomic E-state index is 0.0124. The van der Waals surface area contributed by atoms with Crippen LogP contribution in [0.1, 0.15) is 36.3 Å². The van der Waals surface area contributed by atoms with Crippen molar-refractivity contribution in [2.24, 2.45) is 0 Å². The molecule has 0 saturated carbocycles. The average molecular weight is 464 g/mol. The lowest BCUT2D eigenvalue weighted by atomic mass is 9.96. The van der Waals surface area contributed by atoms with E-state index in [1.54, 1.807) is 11.8 Å². The molecule has 0 radical (unpaired) electrons. The normalized spacial score (nSPS) is 14.9. The quantitative estimate of drug-likeness (QED) is 0.297. The molecule has 0 N–H and O–H groups in total. The molecule has 0 saturated heterocycles. The van der Waals surface area contributed by atoms with E-state index in [4.69, 9.17) is 9.47 Å². The molecule has 10 nitrogen and oxygen atoms in total. The maximum Gasteiger partial charge on any atom is 0.362 e. The molecule has 0 fully saturated rings. The van der Waals surface area contributed by atoms with Gasteiger partial charge >= 0.3 is 5.97 Å². The minimum Gasteiger partial charge on any atom is -0.479 e. The lowest BCUT2D eigenvalue weighted by Gasteiger charge is -2.35. The summed E-state index contributed by atoms with van der Waals surface area (Å²) in [6.45, 7) is 3.51. The number of hydrogen-bond acceptors (Lipinski definition) is 7. The summed E-state index contributed by atoms with van der Waals surface area (Å²) < 4.78 is 12.2. The van der Waals surface area contributed by atoms with Gasteiger partial charge in [0.25, 0.3) is 11.6 Å². The van der Waals surface area contributed by atoms with Gasteiger partial charge in [0.1, 0.15) is 0 Å². The molecule has 1 aliphatic heterocycles. The molecule has 1 atom stereocenters. The van der Waals surface area contributed by atoms with E-state index in [1.165, 1.54) is 35.1 Å². The minimum atomic E-state index is -0.692. The third-order valence-corrected chi connectivity index (χ3v) is 5.62. The Balaban J connectivity index is 1.58. The number of nitrogens with zero attached hydrogens (tertiary/aromatic N) is 4. The van der Waals surface area contributed by atoms with Crippen LogP contribution in [0.5, 0.6) is 5.75 Å². The number of ether oxygens (including phenoxy) is 2. The highest BCUT2D eigenvalue weighted by molar-refractivity contribution is 5.96. The van der Waals surface area contributed by atoms with Crippen molar-refractivity contribution in [2.75, 3.05) is 18.1 Å². The van der Waals surface area contributed by atoms with E-state index in [0.29, 0.717) is 5.69 Å². The standard InChI is InChI=1S/C24H24N4O6/c1-3-33-24(30)23-21(14-26(25-23)18-10-12-19(13-11-18)28(31)32)34-15-22(29)27-16(2)8-9-17-6-4-5-7-20(17)27/h4-7,10-14,16H,3,8-9,15H2,1-2H3. The lowest BCUT2D eigenvalue weighted by Crippen LogP contribution is -2.44. The van der Waals surface area contributed by atoms with Crippen LogP contribution in [0.2, 0.25) is 0 Å². The Morgan fingerprint density at radius 3 is 2.62 bits per heavy atom. The summed E-state index contributed by atoms with van der Waals surface area (Å²) in [6, 6.07) is 13.5. The zero-order chi connectivity index (χ0) is 24.2. The van der Waals surface area contributed by atoms with Gasteiger partial charge in [-0.3, -0.25) is 14.9 Å². The molecule has 2 heterocycles. The van der Waals surface area contributed by atoms with Gasteiger partial charge in [0.15, 0.2) is 12.4 Å². The highest BCUT2D eigenvalue weighted by Gasteiger charge is 2.29. The molecule has 34 heavy (non-hydrogen) atoms.